The van der Waals surface area contributed by atoms with Gasteiger partial charge in [-0.05, 0) is 54.8 Å². The van der Waals surface area contributed by atoms with Gasteiger partial charge >= 0.3 is 6.03 Å². The van der Waals surface area contributed by atoms with E-state index >= 15 is 0 Å². The van der Waals surface area contributed by atoms with E-state index in [0.29, 0.717) is 26.0 Å². The molecule has 2 N–H and O–H groups in total. The zero-order chi connectivity index (χ0) is 25.7. The standard InChI is InChI=1S/C28H29N5O4/c1-3-28-16-22-21-15-20(37-4-2)8-9-23(21)30-24(22)25(18-6-5-7-19(34)14-18)33(28)27(36)32(26(28)35)13-12-31-11-10-29-17-31/h5-11,14-15,17,25,30,34H,3-4,12-13,16H2,1-2H3. The minimum atomic E-state index is -1.04. The smallest absolute Gasteiger partial charge is 0.328 e. The van der Waals surface area contributed by atoms with Crippen LogP contribution in [0.15, 0.2) is 61.2 Å². The van der Waals surface area contributed by atoms with Crippen molar-refractivity contribution in [3.05, 3.63) is 78.0 Å². The Morgan fingerprint density at radius 3 is 2.76 bits per heavy atom. The third kappa shape index (κ3) is 3.48. The number of phenolic OH excluding ortho intramolecular Hbond substituents is 1. The first kappa shape index (κ1) is 23.1. The molecule has 4 aromatic rings. The lowest BCUT2D eigenvalue weighted by Gasteiger charge is -2.44. The minimum Gasteiger partial charge on any atom is -0.508 e. The Kier molecular flexibility index (Phi) is 5.43. The number of hydrogen-bond donors (Lipinski definition) is 2. The van der Waals surface area contributed by atoms with Gasteiger partial charge in [-0.3, -0.25) is 14.6 Å². The monoisotopic (exact) mass is 499 g/mol. The van der Waals surface area contributed by atoms with Crippen molar-refractivity contribution < 1.29 is 19.4 Å². The number of H-pyrrole nitrogens is 1. The minimum absolute atomic E-state index is 0.108. The second-order valence-electron chi connectivity index (χ2n) is 9.63. The molecule has 2 aliphatic rings. The number of fused-ring (bicyclic) bond motifs is 4. The lowest BCUT2D eigenvalue weighted by Crippen LogP contribution is -2.55. The van der Waals surface area contributed by atoms with Crippen LogP contribution in [0.1, 0.15) is 43.1 Å². The van der Waals surface area contributed by atoms with Crippen molar-refractivity contribution in [3.8, 4) is 11.5 Å². The van der Waals surface area contributed by atoms with E-state index < -0.39 is 11.6 Å². The first-order valence-corrected chi connectivity index (χ1v) is 12.6. The van der Waals surface area contributed by atoms with Gasteiger partial charge in [0.15, 0.2) is 0 Å². The number of imide groups is 1. The van der Waals surface area contributed by atoms with E-state index in [4.69, 9.17) is 4.74 Å². The Morgan fingerprint density at radius 1 is 1.16 bits per heavy atom. The SMILES string of the molecule is CCOc1ccc2[nH]c3c(c2c1)CC1(CC)C(=O)N(CCn2ccnc2)C(=O)N1C3c1cccc(O)c1. The highest BCUT2D eigenvalue weighted by Crippen LogP contribution is 2.50. The summed E-state index contributed by atoms with van der Waals surface area (Å²) in [6.07, 6.45) is 6.03. The number of ether oxygens (including phenoxy) is 1. The number of urea groups is 1. The van der Waals surface area contributed by atoms with Gasteiger partial charge in [0, 0.05) is 48.5 Å². The summed E-state index contributed by atoms with van der Waals surface area (Å²) in [4.78, 5) is 38.8. The number of phenols is 1. The van der Waals surface area contributed by atoms with Gasteiger partial charge in [-0.2, -0.15) is 0 Å². The lowest BCUT2D eigenvalue weighted by atomic mass is 9.78. The number of benzene rings is 2. The normalized spacial score (nSPS) is 21.0. The number of hydrogen-bond acceptors (Lipinski definition) is 5. The zero-order valence-corrected chi connectivity index (χ0v) is 20.8. The molecule has 0 saturated carbocycles. The zero-order valence-electron chi connectivity index (χ0n) is 20.8. The van der Waals surface area contributed by atoms with Crippen LogP contribution in [0.2, 0.25) is 0 Å². The first-order valence-electron chi connectivity index (χ1n) is 12.6. The predicted octanol–water partition coefficient (Wildman–Crippen LogP) is 4.23. The van der Waals surface area contributed by atoms with Crippen LogP contribution in [0.3, 0.4) is 0 Å². The summed E-state index contributed by atoms with van der Waals surface area (Å²) in [5, 5.41) is 11.3. The van der Waals surface area contributed by atoms with Crippen LogP contribution < -0.4 is 4.74 Å². The summed E-state index contributed by atoms with van der Waals surface area (Å²) >= 11 is 0. The first-order chi connectivity index (χ1) is 18.0. The largest absolute Gasteiger partial charge is 0.508 e. The van der Waals surface area contributed by atoms with Gasteiger partial charge in [0.05, 0.1) is 12.9 Å². The fourth-order valence-electron chi connectivity index (χ4n) is 5.91. The van der Waals surface area contributed by atoms with Crippen LogP contribution in [0, 0.1) is 0 Å². The van der Waals surface area contributed by atoms with Crippen molar-refractivity contribution in [2.75, 3.05) is 13.2 Å². The molecule has 2 atom stereocenters. The Bertz CT molecular complexity index is 1490. The molecule has 37 heavy (non-hydrogen) atoms. The molecule has 0 aliphatic carbocycles. The van der Waals surface area contributed by atoms with Gasteiger partial charge in [-0.1, -0.05) is 19.1 Å². The van der Waals surface area contributed by atoms with Gasteiger partial charge in [0.25, 0.3) is 5.91 Å². The molecular weight excluding hydrogens is 470 g/mol. The molecule has 9 heteroatoms. The molecule has 1 fully saturated rings. The van der Waals surface area contributed by atoms with Crippen LogP contribution in [0.4, 0.5) is 4.79 Å². The number of carbonyl (C=O) groups is 2. The van der Waals surface area contributed by atoms with Crippen molar-refractivity contribution in [1.29, 1.82) is 0 Å². The molecule has 1 saturated heterocycles. The molecular formula is C28H29N5O4. The Hall–Kier alpha value is -4.27. The van der Waals surface area contributed by atoms with Crippen molar-refractivity contribution in [2.24, 2.45) is 0 Å². The van der Waals surface area contributed by atoms with E-state index in [1.54, 1.807) is 35.6 Å². The van der Waals surface area contributed by atoms with Gasteiger partial charge in [-0.15, -0.1) is 0 Å². The molecule has 0 radical (unpaired) electrons. The highest BCUT2D eigenvalue weighted by molar-refractivity contribution is 6.08. The van der Waals surface area contributed by atoms with E-state index in [0.717, 1.165) is 33.5 Å². The Morgan fingerprint density at radius 2 is 2.03 bits per heavy atom. The third-order valence-corrected chi connectivity index (χ3v) is 7.68. The van der Waals surface area contributed by atoms with E-state index in [-0.39, 0.29) is 24.2 Å². The number of imidazole rings is 1. The highest BCUT2D eigenvalue weighted by Gasteiger charge is 2.61. The second-order valence-corrected chi connectivity index (χ2v) is 9.63. The molecule has 190 valence electrons. The lowest BCUT2D eigenvalue weighted by molar-refractivity contribution is -0.134. The molecule has 2 aliphatic heterocycles. The molecule has 0 bridgehead atoms. The number of aromatic nitrogens is 3. The van der Waals surface area contributed by atoms with E-state index in [9.17, 15) is 14.7 Å². The molecule has 2 unspecified atom stereocenters. The molecule has 0 spiro atoms. The quantitative estimate of drug-likeness (QED) is 0.371. The third-order valence-electron chi connectivity index (χ3n) is 7.68. The molecule has 3 amide bonds. The van der Waals surface area contributed by atoms with Crippen molar-refractivity contribution in [2.45, 2.75) is 44.8 Å². The maximum Gasteiger partial charge on any atom is 0.328 e. The van der Waals surface area contributed by atoms with Crippen molar-refractivity contribution >= 4 is 22.8 Å². The predicted molar refractivity (Wildman–Crippen MR) is 137 cm³/mol. The van der Waals surface area contributed by atoms with E-state index in [2.05, 4.69) is 9.97 Å². The van der Waals surface area contributed by atoms with E-state index in [1.165, 1.54) is 4.90 Å². The number of amides is 3. The summed E-state index contributed by atoms with van der Waals surface area (Å²) in [7, 11) is 0. The van der Waals surface area contributed by atoms with Gasteiger partial charge in [-0.25, -0.2) is 9.78 Å². The number of nitrogens with zero attached hydrogens (tertiary/aromatic N) is 4. The van der Waals surface area contributed by atoms with Gasteiger partial charge in [0.1, 0.15) is 23.1 Å². The van der Waals surface area contributed by atoms with Crippen molar-refractivity contribution in [1.82, 2.24) is 24.3 Å². The number of nitrogens with one attached hydrogen (secondary N) is 1. The number of aromatic amines is 1. The van der Waals surface area contributed by atoms with Crippen LogP contribution in [0.25, 0.3) is 10.9 Å². The summed E-state index contributed by atoms with van der Waals surface area (Å²) < 4.78 is 7.62. The maximum atomic E-state index is 14.1. The summed E-state index contributed by atoms with van der Waals surface area (Å²) in [5.41, 5.74) is 2.48. The van der Waals surface area contributed by atoms with Crippen molar-refractivity contribution in [3.63, 3.8) is 0 Å². The molecule has 9 nitrogen and oxygen atoms in total. The van der Waals surface area contributed by atoms with E-state index in [1.807, 2.05) is 48.9 Å². The molecule has 6 rings (SSSR count). The van der Waals surface area contributed by atoms with Crippen LogP contribution in [-0.4, -0.2) is 60.1 Å². The van der Waals surface area contributed by atoms with Gasteiger partial charge in [0.2, 0.25) is 0 Å². The average molecular weight is 500 g/mol. The maximum absolute atomic E-state index is 14.1. The fourth-order valence-corrected chi connectivity index (χ4v) is 5.91. The van der Waals surface area contributed by atoms with Gasteiger partial charge < -0.3 is 19.4 Å². The molecule has 4 heterocycles. The number of carbonyl (C=O) groups excluding carboxylic acids is 2. The molecule has 2 aromatic heterocycles. The van der Waals surface area contributed by atoms with Crippen LogP contribution in [-0.2, 0) is 17.8 Å². The summed E-state index contributed by atoms with van der Waals surface area (Å²) in [6, 6.07) is 11.9. The average Bonchev–Trinajstić information content (AvgIpc) is 3.59. The second kappa shape index (κ2) is 8.69. The van der Waals surface area contributed by atoms with Crippen LogP contribution in [0.5, 0.6) is 11.5 Å². The Labute approximate surface area is 214 Å². The van der Waals surface area contributed by atoms with Crippen LogP contribution >= 0.6 is 0 Å². The topological polar surface area (TPSA) is 104 Å². The summed E-state index contributed by atoms with van der Waals surface area (Å²) in [6.45, 7) is 5.17. The number of aromatic hydroxyl groups is 1. The fraction of sp³-hybridized carbons (Fsp3) is 0.321. The molecule has 2 aromatic carbocycles. The highest BCUT2D eigenvalue weighted by atomic mass is 16.5. The Balaban J connectivity index is 1.52. The number of rotatable bonds is 7. The summed E-state index contributed by atoms with van der Waals surface area (Å²) in [5.74, 6) is 0.678.